The number of pyridine rings is 1. The van der Waals surface area contributed by atoms with E-state index < -0.39 is 6.10 Å². The van der Waals surface area contributed by atoms with Crippen molar-refractivity contribution in [2.24, 2.45) is 0 Å². The van der Waals surface area contributed by atoms with Gasteiger partial charge in [-0.15, -0.1) is 0 Å². The van der Waals surface area contributed by atoms with Crippen LogP contribution < -0.4 is 0 Å². The van der Waals surface area contributed by atoms with Gasteiger partial charge in [-0.05, 0) is 19.9 Å². The number of aliphatic hydroxyl groups excluding tert-OH is 1. The summed E-state index contributed by atoms with van der Waals surface area (Å²) in [6, 6.07) is 1.79. The molecule has 0 aliphatic carbocycles. The Bertz CT molecular complexity index is 725. The molecule has 0 radical (unpaired) electrons. The number of aromatic nitrogens is 2. The zero-order chi connectivity index (χ0) is 17.8. The zero-order valence-electron chi connectivity index (χ0n) is 14.6. The minimum absolute atomic E-state index is 0.0375. The summed E-state index contributed by atoms with van der Waals surface area (Å²) >= 11 is 0. The molecule has 3 rings (SSSR count). The number of aryl methyl sites for hydroxylation is 1. The van der Waals surface area contributed by atoms with Crippen LogP contribution in [0.25, 0.3) is 11.1 Å². The summed E-state index contributed by atoms with van der Waals surface area (Å²) < 4.78 is 10.3. The fourth-order valence-corrected chi connectivity index (χ4v) is 2.98. The third kappa shape index (κ3) is 4.15. The van der Waals surface area contributed by atoms with E-state index >= 15 is 0 Å². The first-order valence-electron chi connectivity index (χ1n) is 8.58. The van der Waals surface area contributed by atoms with Gasteiger partial charge in [-0.1, -0.05) is 5.16 Å². The van der Waals surface area contributed by atoms with E-state index in [1.165, 1.54) is 6.20 Å². The van der Waals surface area contributed by atoms with E-state index in [9.17, 15) is 9.90 Å². The molecule has 0 aromatic carbocycles. The van der Waals surface area contributed by atoms with E-state index in [1.54, 1.807) is 6.07 Å². The molecule has 1 atom stereocenters. The Morgan fingerprint density at radius 1 is 1.40 bits per heavy atom. The van der Waals surface area contributed by atoms with E-state index in [0.29, 0.717) is 44.1 Å². The number of piperazine rings is 1. The number of aliphatic hydroxyl groups is 1. The van der Waals surface area contributed by atoms with Crippen molar-refractivity contribution in [2.75, 3.05) is 45.9 Å². The van der Waals surface area contributed by atoms with Crippen LogP contribution in [0.5, 0.6) is 0 Å². The molecule has 0 spiro atoms. The van der Waals surface area contributed by atoms with Crippen molar-refractivity contribution in [2.45, 2.75) is 20.0 Å². The topological polar surface area (TPSA) is 91.9 Å². The molecular formula is C17H24N4O4. The highest BCUT2D eigenvalue weighted by Gasteiger charge is 2.24. The number of nitrogens with zero attached hydrogens (tertiary/aromatic N) is 4. The lowest BCUT2D eigenvalue weighted by molar-refractivity contribution is 0.0111. The van der Waals surface area contributed by atoms with Crippen LogP contribution in [0, 0.1) is 6.92 Å². The molecule has 8 heteroatoms. The number of carbonyl (C=O) groups is 1. The van der Waals surface area contributed by atoms with Crippen molar-refractivity contribution >= 4 is 17.0 Å². The number of hydrogen-bond donors (Lipinski definition) is 1. The molecule has 8 nitrogen and oxygen atoms in total. The highest BCUT2D eigenvalue weighted by Crippen LogP contribution is 2.18. The number of β-amino-alcohol motifs (C(OH)–C–C–N with tert-alkyl or cyclic N) is 1. The number of fused-ring (bicyclic) bond motifs is 1. The summed E-state index contributed by atoms with van der Waals surface area (Å²) in [5.41, 5.74) is 1.72. The maximum absolute atomic E-state index is 12.7. The van der Waals surface area contributed by atoms with Crippen LogP contribution in [0.4, 0.5) is 0 Å². The maximum atomic E-state index is 12.7. The average Bonchev–Trinajstić information content (AvgIpc) is 3.00. The van der Waals surface area contributed by atoms with Gasteiger partial charge in [0.05, 0.1) is 29.4 Å². The Morgan fingerprint density at radius 3 is 2.88 bits per heavy atom. The second kappa shape index (κ2) is 7.90. The van der Waals surface area contributed by atoms with Gasteiger partial charge in [0.25, 0.3) is 11.6 Å². The highest BCUT2D eigenvalue weighted by atomic mass is 16.5. The number of ether oxygens (including phenoxy) is 1. The highest BCUT2D eigenvalue weighted by molar-refractivity contribution is 5.97. The SMILES string of the molecule is CCOC[C@@H](O)CN1CCN(C(=O)c2cnc3onc(C)c3c2)CC1. The first kappa shape index (κ1) is 17.8. The molecule has 1 fully saturated rings. The third-order valence-electron chi connectivity index (χ3n) is 4.40. The van der Waals surface area contributed by atoms with Gasteiger partial charge in [-0.25, -0.2) is 4.98 Å². The van der Waals surface area contributed by atoms with E-state index in [-0.39, 0.29) is 5.91 Å². The number of rotatable bonds is 6. The average molecular weight is 348 g/mol. The van der Waals surface area contributed by atoms with Crippen LogP contribution in [0.1, 0.15) is 23.0 Å². The van der Waals surface area contributed by atoms with Crippen molar-refractivity contribution in [1.82, 2.24) is 19.9 Å². The van der Waals surface area contributed by atoms with Crippen molar-refractivity contribution < 1.29 is 19.2 Å². The molecule has 1 saturated heterocycles. The lowest BCUT2D eigenvalue weighted by Gasteiger charge is -2.35. The Labute approximate surface area is 146 Å². The van der Waals surface area contributed by atoms with Gasteiger partial charge in [-0.2, -0.15) is 0 Å². The molecule has 0 saturated carbocycles. The molecule has 1 aliphatic heterocycles. The summed E-state index contributed by atoms with van der Waals surface area (Å²) in [7, 11) is 0. The Balaban J connectivity index is 1.56. The Kier molecular flexibility index (Phi) is 5.62. The van der Waals surface area contributed by atoms with Gasteiger partial charge < -0.3 is 19.3 Å². The fraction of sp³-hybridized carbons (Fsp3) is 0.588. The third-order valence-corrected chi connectivity index (χ3v) is 4.40. The standard InChI is InChI=1S/C17H24N4O4/c1-3-24-11-14(22)10-20-4-6-21(7-5-20)17(23)13-8-15-12(2)19-25-16(15)18-9-13/h8-9,14,22H,3-7,10-11H2,1-2H3/t14-/m0/s1. The molecule has 136 valence electrons. The van der Waals surface area contributed by atoms with Gasteiger partial charge in [0.2, 0.25) is 0 Å². The van der Waals surface area contributed by atoms with Gasteiger partial charge >= 0.3 is 0 Å². The predicted octanol–water partition coefficient (Wildman–Crippen LogP) is 0.686. The smallest absolute Gasteiger partial charge is 0.257 e. The first-order chi connectivity index (χ1) is 12.1. The van der Waals surface area contributed by atoms with E-state index in [4.69, 9.17) is 9.26 Å². The van der Waals surface area contributed by atoms with Crippen LogP contribution in [-0.4, -0.2) is 83.0 Å². The second-order valence-electron chi connectivity index (χ2n) is 6.25. The van der Waals surface area contributed by atoms with E-state index in [1.807, 2.05) is 18.7 Å². The molecule has 0 bridgehead atoms. The van der Waals surface area contributed by atoms with Gasteiger partial charge in [-0.3, -0.25) is 9.69 Å². The van der Waals surface area contributed by atoms with Crippen LogP contribution >= 0.6 is 0 Å². The number of carbonyl (C=O) groups excluding carboxylic acids is 1. The molecule has 1 amide bonds. The predicted molar refractivity (Wildman–Crippen MR) is 91.4 cm³/mol. The molecule has 0 unspecified atom stereocenters. The normalized spacial score (nSPS) is 17.2. The monoisotopic (exact) mass is 348 g/mol. The van der Waals surface area contributed by atoms with E-state index in [0.717, 1.165) is 24.2 Å². The summed E-state index contributed by atoms with van der Waals surface area (Å²) in [5, 5.41) is 14.6. The molecule has 1 N–H and O–H groups in total. The van der Waals surface area contributed by atoms with Crippen LogP contribution in [0.3, 0.4) is 0 Å². The largest absolute Gasteiger partial charge is 0.389 e. The van der Waals surface area contributed by atoms with Gasteiger partial charge in [0, 0.05) is 45.5 Å². The summed E-state index contributed by atoms with van der Waals surface area (Å²) in [5.74, 6) is -0.0375. The van der Waals surface area contributed by atoms with Gasteiger partial charge in [0.15, 0.2) is 0 Å². The number of hydrogen-bond acceptors (Lipinski definition) is 7. The zero-order valence-corrected chi connectivity index (χ0v) is 14.6. The first-order valence-corrected chi connectivity index (χ1v) is 8.58. The van der Waals surface area contributed by atoms with Crippen LogP contribution in [0.15, 0.2) is 16.8 Å². The van der Waals surface area contributed by atoms with Crippen molar-refractivity contribution in [3.8, 4) is 0 Å². The number of amides is 1. The summed E-state index contributed by atoms with van der Waals surface area (Å²) in [6.45, 7) is 7.96. The summed E-state index contributed by atoms with van der Waals surface area (Å²) in [4.78, 5) is 20.8. The van der Waals surface area contributed by atoms with Crippen LogP contribution in [-0.2, 0) is 4.74 Å². The van der Waals surface area contributed by atoms with Crippen LogP contribution in [0.2, 0.25) is 0 Å². The van der Waals surface area contributed by atoms with E-state index in [2.05, 4.69) is 15.0 Å². The minimum atomic E-state index is -0.495. The van der Waals surface area contributed by atoms with Gasteiger partial charge in [0.1, 0.15) is 0 Å². The molecule has 3 heterocycles. The lowest BCUT2D eigenvalue weighted by Crippen LogP contribution is -2.50. The molecule has 2 aromatic rings. The van der Waals surface area contributed by atoms with Crippen molar-refractivity contribution in [3.05, 3.63) is 23.5 Å². The Morgan fingerprint density at radius 2 is 2.16 bits per heavy atom. The molecule has 25 heavy (non-hydrogen) atoms. The Hall–Kier alpha value is -2.03. The quantitative estimate of drug-likeness (QED) is 0.821. The molecule has 1 aliphatic rings. The fourth-order valence-electron chi connectivity index (χ4n) is 2.98. The molecule has 2 aromatic heterocycles. The molecular weight excluding hydrogens is 324 g/mol. The minimum Gasteiger partial charge on any atom is -0.389 e. The maximum Gasteiger partial charge on any atom is 0.257 e. The second-order valence-corrected chi connectivity index (χ2v) is 6.25. The van der Waals surface area contributed by atoms with Crippen molar-refractivity contribution in [1.29, 1.82) is 0 Å². The summed E-state index contributed by atoms with van der Waals surface area (Å²) in [6.07, 6.45) is 1.04. The van der Waals surface area contributed by atoms with Crippen molar-refractivity contribution in [3.63, 3.8) is 0 Å². The lowest BCUT2D eigenvalue weighted by atomic mass is 10.1.